The van der Waals surface area contributed by atoms with E-state index in [0.717, 1.165) is 38.6 Å². The highest BCUT2D eigenvalue weighted by molar-refractivity contribution is 5.77. The molecule has 1 aliphatic rings. The van der Waals surface area contributed by atoms with Gasteiger partial charge in [0.25, 0.3) is 0 Å². The topological polar surface area (TPSA) is 75.8 Å². The van der Waals surface area contributed by atoms with Gasteiger partial charge in [-0.25, -0.2) is 0 Å². The van der Waals surface area contributed by atoms with Crippen molar-refractivity contribution in [1.82, 2.24) is 4.90 Å². The Morgan fingerprint density at radius 1 is 1.44 bits per heavy atom. The van der Waals surface area contributed by atoms with Gasteiger partial charge in [0.1, 0.15) is 5.54 Å². The summed E-state index contributed by atoms with van der Waals surface area (Å²) in [6.07, 6.45) is 4.96. The number of hydrogen-bond donors (Lipinski definition) is 2. The molecule has 18 heavy (non-hydrogen) atoms. The first-order chi connectivity index (χ1) is 8.47. The molecule has 1 rings (SSSR count). The predicted molar refractivity (Wildman–Crippen MR) is 70.6 cm³/mol. The summed E-state index contributed by atoms with van der Waals surface area (Å²) >= 11 is 0. The largest absolute Gasteiger partial charge is 0.480 e. The van der Waals surface area contributed by atoms with Crippen LogP contribution in [0.15, 0.2) is 0 Å². The summed E-state index contributed by atoms with van der Waals surface area (Å²) in [5, 5.41) is 8.91. The van der Waals surface area contributed by atoms with E-state index < -0.39 is 11.5 Å². The Kier molecular flexibility index (Phi) is 6.05. The lowest BCUT2D eigenvalue weighted by Gasteiger charge is -2.23. The Morgan fingerprint density at radius 2 is 2.11 bits per heavy atom. The van der Waals surface area contributed by atoms with Crippen molar-refractivity contribution in [2.24, 2.45) is 5.73 Å². The minimum absolute atomic E-state index is 0.533. The zero-order valence-corrected chi connectivity index (χ0v) is 11.5. The fourth-order valence-corrected chi connectivity index (χ4v) is 2.04. The summed E-state index contributed by atoms with van der Waals surface area (Å²) in [7, 11) is 1.72. The van der Waals surface area contributed by atoms with E-state index in [2.05, 4.69) is 4.90 Å². The summed E-state index contributed by atoms with van der Waals surface area (Å²) < 4.78 is 5.10. The summed E-state index contributed by atoms with van der Waals surface area (Å²) in [5.74, 6) is -0.916. The summed E-state index contributed by atoms with van der Waals surface area (Å²) in [4.78, 5) is 13.3. The molecule has 5 heteroatoms. The maximum atomic E-state index is 10.9. The van der Waals surface area contributed by atoms with Crippen LogP contribution in [0.5, 0.6) is 0 Å². The molecule has 1 unspecified atom stereocenters. The van der Waals surface area contributed by atoms with E-state index in [0.29, 0.717) is 6.42 Å². The second-order valence-electron chi connectivity index (χ2n) is 5.44. The van der Waals surface area contributed by atoms with E-state index in [1.54, 1.807) is 14.0 Å². The highest BCUT2D eigenvalue weighted by atomic mass is 16.5. The van der Waals surface area contributed by atoms with Gasteiger partial charge in [-0.2, -0.15) is 0 Å². The lowest BCUT2D eigenvalue weighted by molar-refractivity contribution is -0.142. The van der Waals surface area contributed by atoms with E-state index in [9.17, 15) is 4.79 Å². The molecule has 0 aromatic heterocycles. The Hall–Kier alpha value is -0.650. The second kappa shape index (κ2) is 7.07. The van der Waals surface area contributed by atoms with Crippen LogP contribution in [-0.4, -0.2) is 54.4 Å². The maximum absolute atomic E-state index is 10.9. The number of rotatable bonds is 10. The third kappa shape index (κ3) is 5.33. The van der Waals surface area contributed by atoms with Gasteiger partial charge in [0.15, 0.2) is 0 Å². The molecule has 1 saturated carbocycles. The number of hydrogen-bond acceptors (Lipinski definition) is 4. The Bertz CT molecular complexity index is 265. The highest BCUT2D eigenvalue weighted by Gasteiger charge is 2.29. The van der Waals surface area contributed by atoms with Crippen LogP contribution in [0, 0.1) is 0 Å². The first-order valence-electron chi connectivity index (χ1n) is 6.72. The van der Waals surface area contributed by atoms with Crippen molar-refractivity contribution >= 4 is 5.97 Å². The van der Waals surface area contributed by atoms with Crippen LogP contribution in [0.4, 0.5) is 0 Å². The fraction of sp³-hybridized carbons (Fsp3) is 0.923. The van der Waals surface area contributed by atoms with Gasteiger partial charge in [-0.1, -0.05) is 0 Å². The van der Waals surface area contributed by atoms with Crippen molar-refractivity contribution in [3.05, 3.63) is 0 Å². The summed E-state index contributed by atoms with van der Waals surface area (Å²) in [6, 6.07) is 0.726. The van der Waals surface area contributed by atoms with Crippen molar-refractivity contribution in [2.75, 3.05) is 26.8 Å². The number of carbonyl (C=O) groups is 1. The molecular weight excluding hydrogens is 232 g/mol. The van der Waals surface area contributed by atoms with Gasteiger partial charge in [-0.05, 0) is 45.6 Å². The van der Waals surface area contributed by atoms with E-state index in [1.165, 1.54) is 12.8 Å². The van der Waals surface area contributed by atoms with Gasteiger partial charge in [-0.15, -0.1) is 0 Å². The van der Waals surface area contributed by atoms with Crippen LogP contribution in [0.25, 0.3) is 0 Å². The van der Waals surface area contributed by atoms with Crippen LogP contribution in [0.3, 0.4) is 0 Å². The molecule has 0 aliphatic heterocycles. The lowest BCUT2D eigenvalue weighted by Crippen LogP contribution is -2.44. The van der Waals surface area contributed by atoms with Gasteiger partial charge in [0, 0.05) is 19.7 Å². The molecule has 5 nitrogen and oxygen atoms in total. The number of methoxy groups -OCH3 is 1. The molecule has 1 aliphatic carbocycles. The Morgan fingerprint density at radius 3 is 2.61 bits per heavy atom. The average Bonchev–Trinajstić information content (AvgIpc) is 3.12. The SMILES string of the molecule is COCCN(CCCCC(C)(N)C(=O)O)C1CC1. The van der Waals surface area contributed by atoms with Crippen molar-refractivity contribution in [3.8, 4) is 0 Å². The van der Waals surface area contributed by atoms with E-state index in [4.69, 9.17) is 15.6 Å². The molecule has 0 heterocycles. The second-order valence-corrected chi connectivity index (χ2v) is 5.44. The van der Waals surface area contributed by atoms with Crippen LogP contribution in [0.1, 0.15) is 39.0 Å². The van der Waals surface area contributed by atoms with E-state index in [1.807, 2.05) is 0 Å². The van der Waals surface area contributed by atoms with Crippen molar-refractivity contribution in [3.63, 3.8) is 0 Å². The van der Waals surface area contributed by atoms with E-state index >= 15 is 0 Å². The predicted octanol–water partition coefficient (Wildman–Crippen LogP) is 1.07. The van der Waals surface area contributed by atoms with Crippen molar-refractivity contribution < 1.29 is 14.6 Å². The number of ether oxygens (including phenoxy) is 1. The van der Waals surface area contributed by atoms with Crippen molar-refractivity contribution in [1.29, 1.82) is 0 Å². The quantitative estimate of drug-likeness (QED) is 0.573. The van der Waals surface area contributed by atoms with Gasteiger partial charge in [-0.3, -0.25) is 9.69 Å². The normalized spacial score (nSPS) is 18.9. The van der Waals surface area contributed by atoms with Crippen LogP contribution in [-0.2, 0) is 9.53 Å². The molecule has 0 amide bonds. The number of nitrogens with two attached hydrogens (primary N) is 1. The molecule has 1 atom stereocenters. The average molecular weight is 258 g/mol. The zero-order valence-electron chi connectivity index (χ0n) is 11.5. The minimum atomic E-state index is -1.09. The summed E-state index contributed by atoms with van der Waals surface area (Å²) in [5.41, 5.74) is 4.61. The molecule has 106 valence electrons. The first-order valence-corrected chi connectivity index (χ1v) is 6.72. The molecule has 1 fully saturated rings. The van der Waals surface area contributed by atoms with E-state index in [-0.39, 0.29) is 0 Å². The third-order valence-corrected chi connectivity index (χ3v) is 3.53. The van der Waals surface area contributed by atoms with Crippen LogP contribution < -0.4 is 5.73 Å². The maximum Gasteiger partial charge on any atom is 0.323 e. The molecule has 0 aromatic carbocycles. The smallest absolute Gasteiger partial charge is 0.323 e. The molecule has 0 radical (unpaired) electrons. The molecule has 0 spiro atoms. The fourth-order valence-electron chi connectivity index (χ4n) is 2.04. The zero-order chi connectivity index (χ0) is 13.6. The Labute approximate surface area is 109 Å². The standard InChI is InChI=1S/C13H26N2O3/c1-13(14,12(16)17)7-3-4-8-15(9-10-18-2)11-5-6-11/h11H,3-10,14H2,1-2H3,(H,16,17). The lowest BCUT2D eigenvalue weighted by atomic mass is 9.96. The third-order valence-electron chi connectivity index (χ3n) is 3.53. The first kappa shape index (κ1) is 15.4. The van der Waals surface area contributed by atoms with Gasteiger partial charge in [0.05, 0.1) is 6.61 Å². The van der Waals surface area contributed by atoms with Gasteiger partial charge in [0.2, 0.25) is 0 Å². The summed E-state index contributed by atoms with van der Waals surface area (Å²) in [6.45, 7) is 4.34. The minimum Gasteiger partial charge on any atom is -0.480 e. The van der Waals surface area contributed by atoms with Gasteiger partial charge < -0.3 is 15.6 Å². The number of carboxylic acids is 1. The number of aliphatic carboxylic acids is 1. The molecule has 0 aromatic rings. The molecule has 3 N–H and O–H groups in total. The molecular formula is C13H26N2O3. The molecule has 0 bridgehead atoms. The van der Waals surface area contributed by atoms with Crippen LogP contribution in [0.2, 0.25) is 0 Å². The monoisotopic (exact) mass is 258 g/mol. The highest BCUT2D eigenvalue weighted by Crippen LogP contribution is 2.27. The number of carboxylic acid groups (broad SMARTS) is 1. The number of nitrogens with zero attached hydrogens (tertiary/aromatic N) is 1. The van der Waals surface area contributed by atoms with Crippen LogP contribution >= 0.6 is 0 Å². The number of unbranched alkanes of at least 4 members (excludes halogenated alkanes) is 1. The van der Waals surface area contributed by atoms with Crippen molar-refractivity contribution in [2.45, 2.75) is 50.6 Å². The molecule has 0 saturated heterocycles. The van der Waals surface area contributed by atoms with Gasteiger partial charge >= 0.3 is 5.97 Å². The Balaban J connectivity index is 2.16.